The number of hydrogen-bond acceptors (Lipinski definition) is 6. The molecule has 1 atom stereocenters. The number of amides is 2. The Balaban J connectivity index is 1.50. The molecule has 3 aromatic heterocycles. The molecule has 10 heteroatoms. The first-order valence-electron chi connectivity index (χ1n) is 8.40. The molecule has 1 saturated heterocycles. The van der Waals surface area contributed by atoms with Crippen LogP contribution in [-0.4, -0.2) is 47.1 Å². The predicted molar refractivity (Wildman–Crippen MR) is 103 cm³/mol. The third-order valence-electron chi connectivity index (χ3n) is 4.50. The highest BCUT2D eigenvalue weighted by molar-refractivity contribution is 9.10. The van der Waals surface area contributed by atoms with E-state index in [-0.39, 0.29) is 18.5 Å². The molecule has 1 unspecified atom stereocenters. The Morgan fingerprint density at radius 1 is 1.52 bits per heavy atom. The van der Waals surface area contributed by atoms with Crippen LogP contribution in [0.1, 0.15) is 24.7 Å². The number of rotatable bonds is 4. The minimum atomic E-state index is -0.618. The Kier molecular flexibility index (Phi) is 4.92. The summed E-state index contributed by atoms with van der Waals surface area (Å²) in [5, 5.41) is 2.43. The van der Waals surface area contributed by atoms with E-state index in [4.69, 9.17) is 4.42 Å². The number of methoxy groups -OCH3 is 1. The molecule has 1 fully saturated rings. The summed E-state index contributed by atoms with van der Waals surface area (Å²) >= 11 is 4.94. The summed E-state index contributed by atoms with van der Waals surface area (Å²) in [4.78, 5) is 34.2. The number of aromatic amines is 1. The topological polar surface area (TPSA) is 100 Å². The Hall–Kier alpha value is -2.33. The van der Waals surface area contributed by atoms with Crippen LogP contribution in [0.5, 0.6) is 0 Å². The number of H-pyrrole nitrogens is 1. The number of thiophene rings is 1. The zero-order valence-corrected chi connectivity index (χ0v) is 16.9. The Labute approximate surface area is 167 Å². The van der Waals surface area contributed by atoms with Gasteiger partial charge in [-0.2, -0.15) is 0 Å². The fraction of sp³-hybridized carbons (Fsp3) is 0.353. The molecule has 0 spiro atoms. The SMILES string of the molecule is COC(=O)NCC(=O)N1CCCC1c1ncc(-c2cc3oc(Br)cc3s2)[nH]1. The summed E-state index contributed by atoms with van der Waals surface area (Å²) in [5.74, 6) is 0.597. The molecular formula is C17H17BrN4O4S. The number of nitrogens with one attached hydrogen (secondary N) is 2. The van der Waals surface area contributed by atoms with E-state index in [0.29, 0.717) is 11.2 Å². The molecule has 0 radical (unpaired) electrons. The fourth-order valence-electron chi connectivity index (χ4n) is 3.24. The zero-order chi connectivity index (χ0) is 19.0. The van der Waals surface area contributed by atoms with Crippen molar-refractivity contribution in [3.8, 4) is 10.6 Å². The lowest BCUT2D eigenvalue weighted by Gasteiger charge is -2.23. The van der Waals surface area contributed by atoms with Gasteiger partial charge in [-0.1, -0.05) is 0 Å². The number of carbonyl (C=O) groups excluding carboxylic acids is 2. The van der Waals surface area contributed by atoms with Crippen LogP contribution in [0.2, 0.25) is 0 Å². The van der Waals surface area contributed by atoms with Gasteiger partial charge in [-0.15, -0.1) is 11.3 Å². The lowest BCUT2D eigenvalue weighted by molar-refractivity contribution is -0.131. The minimum absolute atomic E-state index is 0.0903. The van der Waals surface area contributed by atoms with Crippen molar-refractivity contribution in [2.24, 2.45) is 0 Å². The molecule has 0 bridgehead atoms. The van der Waals surface area contributed by atoms with E-state index in [1.54, 1.807) is 22.4 Å². The van der Waals surface area contributed by atoms with Crippen molar-refractivity contribution >= 4 is 49.6 Å². The third-order valence-corrected chi connectivity index (χ3v) is 5.98. The van der Waals surface area contributed by atoms with Gasteiger partial charge < -0.3 is 24.4 Å². The molecule has 0 aromatic carbocycles. The molecule has 4 heterocycles. The van der Waals surface area contributed by atoms with Crippen molar-refractivity contribution in [2.75, 3.05) is 20.2 Å². The van der Waals surface area contributed by atoms with Gasteiger partial charge in [-0.3, -0.25) is 4.79 Å². The maximum absolute atomic E-state index is 12.4. The van der Waals surface area contributed by atoms with Crippen LogP contribution in [0.15, 0.2) is 27.4 Å². The summed E-state index contributed by atoms with van der Waals surface area (Å²) in [6.07, 6.45) is 2.89. The number of hydrogen-bond donors (Lipinski definition) is 2. The van der Waals surface area contributed by atoms with Crippen molar-refractivity contribution in [2.45, 2.75) is 18.9 Å². The van der Waals surface area contributed by atoms with Crippen molar-refractivity contribution in [1.29, 1.82) is 0 Å². The number of aromatic nitrogens is 2. The van der Waals surface area contributed by atoms with Gasteiger partial charge in [-0.05, 0) is 28.8 Å². The van der Waals surface area contributed by atoms with E-state index in [1.165, 1.54) is 7.11 Å². The lowest BCUT2D eigenvalue weighted by Crippen LogP contribution is -2.40. The second-order valence-electron chi connectivity index (χ2n) is 6.16. The molecular weight excluding hydrogens is 436 g/mol. The van der Waals surface area contributed by atoms with E-state index in [2.05, 4.69) is 36.0 Å². The maximum Gasteiger partial charge on any atom is 0.407 e. The van der Waals surface area contributed by atoms with Gasteiger partial charge in [0.1, 0.15) is 18.0 Å². The van der Waals surface area contributed by atoms with Gasteiger partial charge in [0.2, 0.25) is 5.91 Å². The van der Waals surface area contributed by atoms with Gasteiger partial charge >= 0.3 is 6.09 Å². The maximum atomic E-state index is 12.4. The highest BCUT2D eigenvalue weighted by Crippen LogP contribution is 2.37. The molecule has 0 saturated carbocycles. The number of furan rings is 1. The highest BCUT2D eigenvalue weighted by Gasteiger charge is 2.32. The fourth-order valence-corrected chi connectivity index (χ4v) is 4.78. The Morgan fingerprint density at radius 2 is 2.37 bits per heavy atom. The number of halogens is 1. The van der Waals surface area contributed by atoms with Crippen LogP contribution in [-0.2, 0) is 9.53 Å². The molecule has 8 nitrogen and oxygen atoms in total. The van der Waals surface area contributed by atoms with Gasteiger partial charge in [0.15, 0.2) is 4.67 Å². The molecule has 1 aliphatic heterocycles. The average Bonchev–Trinajstić information content (AvgIpc) is 3.40. The monoisotopic (exact) mass is 452 g/mol. The minimum Gasteiger partial charge on any atom is -0.453 e. The van der Waals surface area contributed by atoms with Crippen molar-refractivity contribution in [3.63, 3.8) is 0 Å². The van der Waals surface area contributed by atoms with Crippen LogP contribution in [0.25, 0.3) is 20.9 Å². The van der Waals surface area contributed by atoms with Gasteiger partial charge in [-0.25, -0.2) is 9.78 Å². The second kappa shape index (κ2) is 7.35. The Bertz CT molecular complexity index is 963. The van der Waals surface area contributed by atoms with Crippen LogP contribution < -0.4 is 5.32 Å². The van der Waals surface area contributed by atoms with Crippen molar-refractivity contribution in [3.05, 3.63) is 28.8 Å². The average molecular weight is 453 g/mol. The van der Waals surface area contributed by atoms with E-state index < -0.39 is 6.09 Å². The molecule has 142 valence electrons. The zero-order valence-electron chi connectivity index (χ0n) is 14.5. The number of ether oxygens (including phenoxy) is 1. The van der Waals surface area contributed by atoms with E-state index in [0.717, 1.165) is 39.5 Å². The molecule has 27 heavy (non-hydrogen) atoms. The van der Waals surface area contributed by atoms with E-state index in [9.17, 15) is 9.59 Å². The first-order chi connectivity index (χ1) is 13.0. The Morgan fingerprint density at radius 3 is 3.15 bits per heavy atom. The first kappa shape index (κ1) is 18.1. The highest BCUT2D eigenvalue weighted by atomic mass is 79.9. The largest absolute Gasteiger partial charge is 0.453 e. The number of alkyl carbamates (subject to hydrolysis) is 1. The van der Waals surface area contributed by atoms with Crippen LogP contribution in [0, 0.1) is 0 Å². The van der Waals surface area contributed by atoms with E-state index in [1.807, 2.05) is 12.1 Å². The number of nitrogens with zero attached hydrogens (tertiary/aromatic N) is 2. The number of fused-ring (bicyclic) bond motifs is 1. The van der Waals surface area contributed by atoms with Crippen molar-refractivity contribution < 1.29 is 18.7 Å². The first-order valence-corrected chi connectivity index (χ1v) is 10.0. The molecule has 3 aromatic rings. The number of carbonyl (C=O) groups is 2. The summed E-state index contributed by atoms with van der Waals surface area (Å²) in [5.41, 5.74) is 1.72. The molecule has 2 amide bonds. The lowest BCUT2D eigenvalue weighted by atomic mass is 10.2. The van der Waals surface area contributed by atoms with Crippen LogP contribution >= 0.6 is 27.3 Å². The van der Waals surface area contributed by atoms with Crippen molar-refractivity contribution in [1.82, 2.24) is 20.2 Å². The molecule has 4 rings (SSSR count). The molecule has 2 N–H and O–H groups in total. The normalized spacial score (nSPS) is 16.8. The number of likely N-dealkylation sites (tertiary alicyclic amines) is 1. The second-order valence-corrected chi connectivity index (χ2v) is 8.03. The summed E-state index contributed by atoms with van der Waals surface area (Å²) in [7, 11) is 1.27. The third kappa shape index (κ3) is 3.59. The summed E-state index contributed by atoms with van der Waals surface area (Å²) < 4.78 is 11.8. The number of imidazole rings is 1. The van der Waals surface area contributed by atoms with E-state index >= 15 is 0 Å². The summed E-state index contributed by atoms with van der Waals surface area (Å²) in [6, 6.07) is 3.79. The van der Waals surface area contributed by atoms with Gasteiger partial charge in [0.05, 0.1) is 34.6 Å². The molecule has 0 aliphatic carbocycles. The van der Waals surface area contributed by atoms with Gasteiger partial charge in [0.25, 0.3) is 0 Å². The standard InChI is InChI=1S/C17H17BrN4O4S/c1-25-17(24)20-8-15(23)22-4-2-3-10(22)16-19-7-9(21-16)12-5-11-13(27-12)6-14(18)26-11/h5-7,10H,2-4,8H2,1H3,(H,19,21)(H,20,24). The smallest absolute Gasteiger partial charge is 0.407 e. The van der Waals surface area contributed by atoms with Gasteiger partial charge in [0, 0.05) is 18.7 Å². The molecule has 1 aliphatic rings. The van der Waals surface area contributed by atoms with Crippen LogP contribution in [0.3, 0.4) is 0 Å². The predicted octanol–water partition coefficient (Wildman–Crippen LogP) is 3.67. The quantitative estimate of drug-likeness (QED) is 0.628. The van der Waals surface area contributed by atoms with Crippen LogP contribution in [0.4, 0.5) is 4.79 Å². The summed E-state index contributed by atoms with van der Waals surface area (Å²) in [6.45, 7) is 0.551.